The summed E-state index contributed by atoms with van der Waals surface area (Å²) in [5, 5.41) is 9.49. The van der Waals surface area contributed by atoms with E-state index in [4.69, 9.17) is 5.73 Å². The van der Waals surface area contributed by atoms with Gasteiger partial charge in [-0.25, -0.2) is 4.39 Å². The second kappa shape index (κ2) is 5.96. The Kier molecular flexibility index (Phi) is 4.84. The molecule has 4 heteroatoms. The van der Waals surface area contributed by atoms with Crippen molar-refractivity contribution < 1.29 is 14.3 Å². The van der Waals surface area contributed by atoms with E-state index in [0.717, 1.165) is 6.42 Å². The maximum atomic E-state index is 12.9. The van der Waals surface area contributed by atoms with E-state index in [-0.39, 0.29) is 12.4 Å². The van der Waals surface area contributed by atoms with Gasteiger partial charge in [-0.2, -0.15) is 0 Å². The van der Waals surface area contributed by atoms with Gasteiger partial charge in [0, 0.05) is 6.54 Å². The van der Waals surface area contributed by atoms with E-state index >= 15 is 0 Å². The van der Waals surface area contributed by atoms with Crippen LogP contribution in [0.1, 0.15) is 32.3 Å². The normalized spacial score (nSPS) is 14.5. The topological polar surface area (TPSA) is 63.3 Å². The molecule has 1 unspecified atom stereocenters. The number of hydrogen-bond acceptors (Lipinski definition) is 2. The van der Waals surface area contributed by atoms with Crippen LogP contribution in [0.2, 0.25) is 0 Å². The first-order valence-electron chi connectivity index (χ1n) is 6.12. The van der Waals surface area contributed by atoms with Crippen molar-refractivity contribution in [3.8, 4) is 0 Å². The zero-order valence-corrected chi connectivity index (χ0v) is 10.8. The summed E-state index contributed by atoms with van der Waals surface area (Å²) in [6, 6.07) is 5.57. The van der Waals surface area contributed by atoms with Crippen molar-refractivity contribution in [3.05, 3.63) is 35.6 Å². The van der Waals surface area contributed by atoms with Crippen molar-refractivity contribution in [2.75, 3.05) is 6.54 Å². The van der Waals surface area contributed by atoms with Crippen LogP contribution in [0.25, 0.3) is 0 Å². The number of aliphatic carboxylic acids is 1. The van der Waals surface area contributed by atoms with Crippen molar-refractivity contribution in [2.45, 2.75) is 32.1 Å². The maximum absolute atomic E-state index is 12.9. The second-order valence-electron chi connectivity index (χ2n) is 5.03. The summed E-state index contributed by atoms with van der Waals surface area (Å²) in [7, 11) is 0. The zero-order valence-electron chi connectivity index (χ0n) is 10.8. The van der Waals surface area contributed by atoms with E-state index in [1.54, 1.807) is 0 Å². The van der Waals surface area contributed by atoms with Gasteiger partial charge in [-0.3, -0.25) is 4.79 Å². The molecule has 0 amide bonds. The third kappa shape index (κ3) is 3.07. The first kappa shape index (κ1) is 14.6. The lowest BCUT2D eigenvalue weighted by Gasteiger charge is -2.29. The Morgan fingerprint density at radius 3 is 2.33 bits per heavy atom. The van der Waals surface area contributed by atoms with Gasteiger partial charge in [0.15, 0.2) is 0 Å². The summed E-state index contributed by atoms with van der Waals surface area (Å²) in [5.41, 5.74) is 5.15. The summed E-state index contributed by atoms with van der Waals surface area (Å²) >= 11 is 0. The highest BCUT2D eigenvalue weighted by molar-refractivity contribution is 5.81. The molecule has 0 aliphatic carbocycles. The Morgan fingerprint density at radius 2 is 1.94 bits per heavy atom. The monoisotopic (exact) mass is 253 g/mol. The molecular weight excluding hydrogens is 233 g/mol. The summed E-state index contributed by atoms with van der Waals surface area (Å²) in [5.74, 6) is -0.924. The number of carbonyl (C=O) groups is 1. The maximum Gasteiger partial charge on any atom is 0.315 e. The molecule has 100 valence electrons. The molecular formula is C14H20FNO2. The number of benzene rings is 1. The highest BCUT2D eigenvalue weighted by atomic mass is 19.1. The number of hydrogen-bond donors (Lipinski definition) is 2. The molecule has 3 N–H and O–H groups in total. The molecule has 1 rings (SSSR count). The molecule has 0 saturated heterocycles. The number of carboxylic acid groups (broad SMARTS) is 1. The van der Waals surface area contributed by atoms with Crippen LogP contribution in [-0.2, 0) is 10.2 Å². The smallest absolute Gasteiger partial charge is 0.315 e. The molecule has 0 aliphatic heterocycles. The molecule has 1 atom stereocenters. The molecule has 0 saturated carbocycles. The molecule has 1 aromatic rings. The van der Waals surface area contributed by atoms with E-state index in [2.05, 4.69) is 0 Å². The molecule has 0 fully saturated rings. The van der Waals surface area contributed by atoms with E-state index in [1.807, 2.05) is 13.8 Å². The van der Waals surface area contributed by atoms with Gasteiger partial charge in [0.05, 0.1) is 0 Å². The van der Waals surface area contributed by atoms with Gasteiger partial charge in [-0.05, 0) is 36.5 Å². The Morgan fingerprint density at radius 1 is 1.39 bits per heavy atom. The van der Waals surface area contributed by atoms with Crippen molar-refractivity contribution in [1.29, 1.82) is 0 Å². The van der Waals surface area contributed by atoms with Crippen molar-refractivity contribution >= 4 is 5.97 Å². The molecule has 1 aromatic carbocycles. The summed E-state index contributed by atoms with van der Waals surface area (Å²) in [6.07, 6.45) is 1.23. The summed E-state index contributed by atoms with van der Waals surface area (Å²) in [4.78, 5) is 11.6. The van der Waals surface area contributed by atoms with Gasteiger partial charge in [-0.1, -0.05) is 26.0 Å². The lowest BCUT2D eigenvalue weighted by atomic mass is 9.75. The second-order valence-corrected chi connectivity index (χ2v) is 5.03. The fourth-order valence-electron chi connectivity index (χ4n) is 1.99. The fourth-order valence-corrected chi connectivity index (χ4v) is 1.99. The third-order valence-electron chi connectivity index (χ3n) is 3.30. The van der Waals surface area contributed by atoms with Crippen LogP contribution in [0.3, 0.4) is 0 Å². The quantitative estimate of drug-likeness (QED) is 0.819. The first-order valence-corrected chi connectivity index (χ1v) is 6.12. The van der Waals surface area contributed by atoms with Crippen LogP contribution < -0.4 is 5.73 Å². The predicted molar refractivity (Wildman–Crippen MR) is 68.8 cm³/mol. The molecule has 0 bridgehead atoms. The van der Waals surface area contributed by atoms with Crippen LogP contribution in [0.15, 0.2) is 24.3 Å². The van der Waals surface area contributed by atoms with Crippen LogP contribution >= 0.6 is 0 Å². The Hall–Kier alpha value is -1.42. The molecule has 0 radical (unpaired) electrons. The number of nitrogens with two attached hydrogens (primary N) is 1. The summed E-state index contributed by atoms with van der Waals surface area (Å²) < 4.78 is 12.9. The number of halogens is 1. The summed E-state index contributed by atoms with van der Waals surface area (Å²) in [6.45, 7) is 4.09. The Balaban J connectivity index is 3.10. The number of rotatable bonds is 6. The minimum atomic E-state index is -1.11. The van der Waals surface area contributed by atoms with Crippen LogP contribution in [0.4, 0.5) is 4.39 Å². The molecule has 3 nitrogen and oxygen atoms in total. The largest absolute Gasteiger partial charge is 0.481 e. The fraction of sp³-hybridized carbons (Fsp3) is 0.500. The molecule has 0 aromatic heterocycles. The van der Waals surface area contributed by atoms with Gasteiger partial charge in [-0.15, -0.1) is 0 Å². The van der Waals surface area contributed by atoms with E-state index in [0.29, 0.717) is 17.9 Å². The highest BCUT2D eigenvalue weighted by Gasteiger charge is 2.38. The van der Waals surface area contributed by atoms with Crippen LogP contribution in [0, 0.1) is 11.7 Å². The third-order valence-corrected chi connectivity index (χ3v) is 3.30. The van der Waals surface area contributed by atoms with Gasteiger partial charge >= 0.3 is 5.97 Å². The average Bonchev–Trinajstić information content (AvgIpc) is 2.31. The van der Waals surface area contributed by atoms with Gasteiger partial charge in [0.1, 0.15) is 11.2 Å². The molecule has 0 heterocycles. The molecule has 0 aliphatic rings. The van der Waals surface area contributed by atoms with Crippen molar-refractivity contribution in [3.63, 3.8) is 0 Å². The van der Waals surface area contributed by atoms with Crippen molar-refractivity contribution in [2.24, 2.45) is 11.7 Å². The lowest BCUT2D eigenvalue weighted by Crippen LogP contribution is -2.43. The van der Waals surface area contributed by atoms with Gasteiger partial charge < -0.3 is 10.8 Å². The van der Waals surface area contributed by atoms with Crippen LogP contribution in [-0.4, -0.2) is 17.6 Å². The van der Waals surface area contributed by atoms with Gasteiger partial charge in [0.25, 0.3) is 0 Å². The van der Waals surface area contributed by atoms with Gasteiger partial charge in [0.2, 0.25) is 0 Å². The minimum Gasteiger partial charge on any atom is -0.481 e. The average molecular weight is 253 g/mol. The SMILES string of the molecule is CC(C)CCC(CN)(C(=O)O)c1ccc(F)cc1. The van der Waals surface area contributed by atoms with Crippen LogP contribution in [0.5, 0.6) is 0 Å². The van der Waals surface area contributed by atoms with Crippen molar-refractivity contribution in [1.82, 2.24) is 0 Å². The van der Waals surface area contributed by atoms with E-state index < -0.39 is 11.4 Å². The lowest BCUT2D eigenvalue weighted by molar-refractivity contribution is -0.144. The molecule has 0 spiro atoms. The minimum absolute atomic E-state index is 0.0146. The highest BCUT2D eigenvalue weighted by Crippen LogP contribution is 2.30. The number of carboxylic acids is 1. The Labute approximate surface area is 107 Å². The van der Waals surface area contributed by atoms with E-state index in [9.17, 15) is 14.3 Å². The molecule has 18 heavy (non-hydrogen) atoms. The Bertz CT molecular complexity index is 403. The van der Waals surface area contributed by atoms with E-state index in [1.165, 1.54) is 24.3 Å². The predicted octanol–water partition coefficient (Wildman–Crippen LogP) is 2.54. The zero-order chi connectivity index (χ0) is 13.8. The standard InChI is InChI=1S/C14H20FNO2/c1-10(2)7-8-14(9-16,13(17)18)11-3-5-12(15)6-4-11/h3-6,10H,7-9,16H2,1-2H3,(H,17,18). The first-order chi connectivity index (χ1) is 8.42.